The van der Waals surface area contributed by atoms with Crippen LogP contribution in [0.1, 0.15) is 32.6 Å². The lowest BCUT2D eigenvalue weighted by Gasteiger charge is -2.08. The third kappa shape index (κ3) is 25.7. The molecule has 0 fully saturated rings. The molecule has 0 rings (SSSR count). The van der Waals surface area contributed by atoms with Gasteiger partial charge in [-0.25, -0.2) is 0 Å². The van der Waals surface area contributed by atoms with Gasteiger partial charge in [-0.15, -0.1) is 0 Å². The van der Waals surface area contributed by atoms with E-state index in [-0.39, 0.29) is 0 Å². The minimum Gasteiger partial charge on any atom is -0.379 e. The number of ether oxygens (including phenoxy) is 7. The third-order valence-corrected chi connectivity index (χ3v) is 3.64. The van der Waals surface area contributed by atoms with Crippen LogP contribution in [0, 0.1) is 0 Å². The fraction of sp³-hybridized carbons (Fsp3) is 1.00. The predicted octanol–water partition coefficient (Wildman–Crippen LogP) is 1.64. The minimum atomic E-state index is 0.538. The molecule has 0 heterocycles. The van der Waals surface area contributed by atoms with Crippen LogP contribution in [-0.4, -0.2) is 99.0 Å². The molecule has 0 aromatic heterocycles. The molecule has 0 saturated heterocycles. The Morgan fingerprint density at radius 1 is 0.393 bits per heavy atom. The molecular formula is C20H43NO7. The Labute approximate surface area is 171 Å². The van der Waals surface area contributed by atoms with Gasteiger partial charge in [0.2, 0.25) is 0 Å². The molecule has 0 aromatic rings. The zero-order valence-electron chi connectivity index (χ0n) is 17.9. The van der Waals surface area contributed by atoms with Crippen molar-refractivity contribution in [1.29, 1.82) is 0 Å². The topological polar surface area (TPSA) is 90.6 Å². The van der Waals surface area contributed by atoms with Gasteiger partial charge in [-0.05, 0) is 6.42 Å². The molecule has 170 valence electrons. The number of hydrogen-bond acceptors (Lipinski definition) is 8. The van der Waals surface area contributed by atoms with Gasteiger partial charge in [0.15, 0.2) is 0 Å². The second-order valence-corrected chi connectivity index (χ2v) is 6.14. The summed E-state index contributed by atoms with van der Waals surface area (Å²) in [6.45, 7) is 11.0. The Balaban J connectivity index is 2.96. The molecule has 28 heavy (non-hydrogen) atoms. The van der Waals surface area contributed by atoms with Crippen LogP contribution in [0.4, 0.5) is 0 Å². The molecule has 0 atom stereocenters. The Morgan fingerprint density at radius 3 is 1.04 bits per heavy atom. The van der Waals surface area contributed by atoms with Crippen LogP contribution in [0.2, 0.25) is 0 Å². The lowest BCUT2D eigenvalue weighted by Crippen LogP contribution is -2.15. The van der Waals surface area contributed by atoms with E-state index in [0.717, 1.165) is 13.0 Å². The van der Waals surface area contributed by atoms with Crippen molar-refractivity contribution in [3.05, 3.63) is 0 Å². The molecule has 0 spiro atoms. The molecule has 0 aliphatic heterocycles. The first-order valence-corrected chi connectivity index (χ1v) is 10.7. The van der Waals surface area contributed by atoms with E-state index < -0.39 is 0 Å². The van der Waals surface area contributed by atoms with Crippen LogP contribution in [0.5, 0.6) is 0 Å². The van der Waals surface area contributed by atoms with E-state index in [2.05, 4.69) is 6.92 Å². The molecular weight excluding hydrogens is 366 g/mol. The number of hydrogen-bond donors (Lipinski definition) is 1. The molecule has 0 saturated carbocycles. The molecule has 8 heteroatoms. The summed E-state index contributed by atoms with van der Waals surface area (Å²) >= 11 is 0. The average Bonchev–Trinajstić information content (AvgIpc) is 2.71. The lowest BCUT2D eigenvalue weighted by molar-refractivity contribution is -0.0203. The number of unbranched alkanes of at least 4 members (excludes halogenated alkanes) is 3. The molecule has 2 N–H and O–H groups in total. The second kappa shape index (κ2) is 26.7. The van der Waals surface area contributed by atoms with E-state index in [4.69, 9.17) is 38.9 Å². The van der Waals surface area contributed by atoms with E-state index >= 15 is 0 Å². The van der Waals surface area contributed by atoms with Crippen molar-refractivity contribution in [3.63, 3.8) is 0 Å². The zero-order valence-corrected chi connectivity index (χ0v) is 17.9. The number of nitrogens with two attached hydrogens (primary N) is 1. The maximum absolute atomic E-state index is 5.50. The van der Waals surface area contributed by atoms with Crippen LogP contribution in [-0.2, 0) is 33.2 Å². The van der Waals surface area contributed by atoms with Crippen molar-refractivity contribution in [3.8, 4) is 0 Å². The molecule has 0 bridgehead atoms. The first kappa shape index (κ1) is 27.7. The Bertz CT molecular complexity index is 247. The van der Waals surface area contributed by atoms with Crippen LogP contribution >= 0.6 is 0 Å². The van der Waals surface area contributed by atoms with Gasteiger partial charge in [0.25, 0.3) is 0 Å². The van der Waals surface area contributed by atoms with Crippen LogP contribution in [0.15, 0.2) is 0 Å². The highest BCUT2D eigenvalue weighted by Crippen LogP contribution is 1.98. The highest BCUT2D eigenvalue weighted by Gasteiger charge is 1.94. The zero-order chi connectivity index (χ0) is 20.4. The summed E-state index contributed by atoms with van der Waals surface area (Å²) in [6.07, 6.45) is 4.93. The normalized spacial score (nSPS) is 11.4. The van der Waals surface area contributed by atoms with Crippen molar-refractivity contribution in [2.75, 3.05) is 99.0 Å². The van der Waals surface area contributed by atoms with Crippen molar-refractivity contribution < 1.29 is 33.2 Å². The summed E-state index contributed by atoms with van der Waals surface area (Å²) in [7, 11) is 0. The van der Waals surface area contributed by atoms with Gasteiger partial charge >= 0.3 is 0 Å². The second-order valence-electron chi connectivity index (χ2n) is 6.14. The van der Waals surface area contributed by atoms with E-state index in [1.54, 1.807) is 0 Å². The molecule has 8 nitrogen and oxygen atoms in total. The monoisotopic (exact) mass is 409 g/mol. The van der Waals surface area contributed by atoms with Gasteiger partial charge < -0.3 is 38.9 Å². The van der Waals surface area contributed by atoms with Gasteiger partial charge in [-0.1, -0.05) is 26.2 Å². The van der Waals surface area contributed by atoms with Crippen molar-refractivity contribution in [1.82, 2.24) is 0 Å². The smallest absolute Gasteiger partial charge is 0.0701 e. The van der Waals surface area contributed by atoms with Crippen LogP contribution < -0.4 is 5.73 Å². The standard InChI is InChI=1S/C20H43NO7/c1-2-3-4-5-7-22-9-11-24-13-15-26-17-19-28-20-18-27-16-14-25-12-10-23-8-6-21/h2-21H2,1H3. The maximum atomic E-state index is 5.50. The molecule has 0 aliphatic carbocycles. The summed E-state index contributed by atoms with van der Waals surface area (Å²) in [6, 6.07) is 0. The highest BCUT2D eigenvalue weighted by atomic mass is 16.6. The Hall–Kier alpha value is -0.320. The third-order valence-electron chi connectivity index (χ3n) is 3.64. The average molecular weight is 410 g/mol. The quantitative estimate of drug-likeness (QED) is 0.228. The summed E-state index contributed by atoms with van der Waals surface area (Å²) < 4.78 is 37.7. The Kier molecular flexibility index (Phi) is 26.4. The number of rotatable bonds is 25. The van der Waals surface area contributed by atoms with Gasteiger partial charge in [-0.3, -0.25) is 0 Å². The first-order chi connectivity index (χ1) is 13.9. The molecule has 0 aromatic carbocycles. The molecule has 0 radical (unpaired) electrons. The van der Waals surface area contributed by atoms with Crippen molar-refractivity contribution in [2.24, 2.45) is 5.73 Å². The minimum absolute atomic E-state index is 0.538. The van der Waals surface area contributed by atoms with Crippen LogP contribution in [0.25, 0.3) is 0 Å². The fourth-order valence-electron chi connectivity index (χ4n) is 2.14. The van der Waals surface area contributed by atoms with Gasteiger partial charge in [0.1, 0.15) is 0 Å². The Morgan fingerprint density at radius 2 is 0.714 bits per heavy atom. The van der Waals surface area contributed by atoms with Crippen molar-refractivity contribution >= 4 is 0 Å². The fourth-order valence-corrected chi connectivity index (χ4v) is 2.14. The first-order valence-electron chi connectivity index (χ1n) is 10.7. The van der Waals surface area contributed by atoms with E-state index in [0.29, 0.717) is 92.4 Å². The van der Waals surface area contributed by atoms with Gasteiger partial charge in [0, 0.05) is 13.2 Å². The van der Waals surface area contributed by atoms with E-state index in [1.165, 1.54) is 19.3 Å². The molecule has 0 unspecified atom stereocenters. The largest absolute Gasteiger partial charge is 0.379 e. The van der Waals surface area contributed by atoms with E-state index in [9.17, 15) is 0 Å². The van der Waals surface area contributed by atoms with Crippen LogP contribution in [0.3, 0.4) is 0 Å². The highest BCUT2D eigenvalue weighted by molar-refractivity contribution is 4.40. The summed E-state index contributed by atoms with van der Waals surface area (Å²) in [5, 5.41) is 0. The molecule has 0 aliphatic rings. The maximum Gasteiger partial charge on any atom is 0.0701 e. The summed E-state index contributed by atoms with van der Waals surface area (Å²) in [5.74, 6) is 0. The SMILES string of the molecule is CCCCCCOCCOCCOCCOCCOCCOCCOCCN. The van der Waals surface area contributed by atoms with Gasteiger partial charge in [0.05, 0.1) is 85.9 Å². The predicted molar refractivity (Wildman–Crippen MR) is 109 cm³/mol. The summed E-state index contributed by atoms with van der Waals surface area (Å²) in [4.78, 5) is 0. The lowest BCUT2D eigenvalue weighted by atomic mass is 10.2. The van der Waals surface area contributed by atoms with Crippen molar-refractivity contribution in [2.45, 2.75) is 32.6 Å². The molecule has 0 amide bonds. The van der Waals surface area contributed by atoms with Gasteiger partial charge in [-0.2, -0.15) is 0 Å². The van der Waals surface area contributed by atoms with E-state index in [1.807, 2.05) is 0 Å². The summed E-state index contributed by atoms with van der Waals surface area (Å²) in [5.41, 5.74) is 5.31.